The van der Waals surface area contributed by atoms with Crippen LogP contribution in [0.1, 0.15) is 19.7 Å². The Balaban J connectivity index is 2.00. The van der Waals surface area contributed by atoms with Crippen LogP contribution in [0.3, 0.4) is 0 Å². The van der Waals surface area contributed by atoms with Crippen molar-refractivity contribution in [2.75, 3.05) is 0 Å². The first-order valence-electron chi connectivity index (χ1n) is 7.74. The van der Waals surface area contributed by atoms with Gasteiger partial charge in [-0.05, 0) is 31.5 Å². The van der Waals surface area contributed by atoms with E-state index in [1.165, 1.54) is 12.1 Å². The van der Waals surface area contributed by atoms with Gasteiger partial charge in [0, 0.05) is 11.1 Å². The smallest absolute Gasteiger partial charge is 0.405 e. The fourth-order valence-electron chi connectivity index (χ4n) is 2.41. The van der Waals surface area contributed by atoms with E-state index in [1.54, 1.807) is 50.2 Å². The predicted molar refractivity (Wildman–Crippen MR) is 89.2 cm³/mol. The molecule has 2 aromatic carbocycles. The largest absolute Gasteiger partial charge is 0.573 e. The molecule has 5 nitrogen and oxygen atoms in total. The highest BCUT2D eigenvalue weighted by Gasteiger charge is 2.32. The summed E-state index contributed by atoms with van der Waals surface area (Å²) in [6, 6.07) is 12.7. The number of rotatable bonds is 4. The number of H-pyrrole nitrogens is 1. The first kappa shape index (κ1) is 17.9. The summed E-state index contributed by atoms with van der Waals surface area (Å²) in [5.41, 5.74) is 0.230. The summed E-state index contributed by atoms with van der Waals surface area (Å²) < 4.78 is 42.0. The van der Waals surface area contributed by atoms with Crippen LogP contribution in [0.4, 0.5) is 13.2 Å². The Morgan fingerprint density at radius 1 is 1.00 bits per heavy atom. The average Bonchev–Trinajstić information content (AvgIpc) is 3.04. The lowest BCUT2D eigenvalue weighted by molar-refractivity contribution is -0.274. The van der Waals surface area contributed by atoms with Crippen molar-refractivity contribution >= 4 is 0 Å². The van der Waals surface area contributed by atoms with Crippen molar-refractivity contribution < 1.29 is 23.0 Å². The maximum Gasteiger partial charge on any atom is 0.573 e. The Kier molecular flexibility index (Phi) is 4.45. The summed E-state index contributed by atoms with van der Waals surface area (Å²) in [6.07, 6.45) is -4.78. The lowest BCUT2D eigenvalue weighted by atomic mass is 10.0. The molecule has 0 aliphatic heterocycles. The van der Waals surface area contributed by atoms with Crippen molar-refractivity contribution in [2.24, 2.45) is 0 Å². The zero-order valence-corrected chi connectivity index (χ0v) is 14.0. The molecule has 0 saturated carbocycles. The van der Waals surface area contributed by atoms with Crippen molar-refractivity contribution in [2.45, 2.75) is 25.8 Å². The van der Waals surface area contributed by atoms with Crippen molar-refractivity contribution in [3.63, 3.8) is 0 Å². The van der Waals surface area contributed by atoms with Crippen molar-refractivity contribution in [3.05, 3.63) is 54.4 Å². The second-order valence-electron chi connectivity index (χ2n) is 6.19. The van der Waals surface area contributed by atoms with Crippen LogP contribution in [0.25, 0.3) is 22.5 Å². The van der Waals surface area contributed by atoms with Gasteiger partial charge in [-0.1, -0.05) is 36.4 Å². The van der Waals surface area contributed by atoms with Gasteiger partial charge in [-0.25, -0.2) is 4.98 Å². The van der Waals surface area contributed by atoms with Crippen LogP contribution in [0, 0.1) is 0 Å². The third kappa shape index (κ3) is 4.02. The third-order valence-electron chi connectivity index (χ3n) is 3.61. The van der Waals surface area contributed by atoms with Gasteiger partial charge in [0.05, 0.1) is 0 Å². The summed E-state index contributed by atoms with van der Waals surface area (Å²) in [5.74, 6) is 0.334. The Morgan fingerprint density at radius 3 is 2.35 bits per heavy atom. The number of aromatic nitrogens is 3. The standard InChI is InChI=1S/C18H16F3N3O2/c1-17(2,25)16-22-15(23-24-16)12-7-5-6-11(10-12)13-8-3-4-9-14(13)26-18(19,20)21/h3-10,25H,1-2H3,(H,22,23,24). The van der Waals surface area contributed by atoms with E-state index in [0.717, 1.165) is 0 Å². The number of para-hydroxylation sites is 1. The Morgan fingerprint density at radius 2 is 1.69 bits per heavy atom. The highest BCUT2D eigenvalue weighted by atomic mass is 19.4. The number of alkyl halides is 3. The van der Waals surface area contributed by atoms with E-state index in [4.69, 9.17) is 0 Å². The van der Waals surface area contributed by atoms with Gasteiger partial charge in [-0.3, -0.25) is 5.10 Å². The number of aliphatic hydroxyl groups is 1. The van der Waals surface area contributed by atoms with E-state index >= 15 is 0 Å². The van der Waals surface area contributed by atoms with Gasteiger partial charge in [0.2, 0.25) is 0 Å². The molecular weight excluding hydrogens is 347 g/mol. The van der Waals surface area contributed by atoms with Crippen LogP contribution in [0.2, 0.25) is 0 Å². The molecule has 0 amide bonds. The minimum Gasteiger partial charge on any atom is -0.405 e. The average molecular weight is 363 g/mol. The summed E-state index contributed by atoms with van der Waals surface area (Å²) in [7, 11) is 0. The van der Waals surface area contributed by atoms with Crippen molar-refractivity contribution in [3.8, 4) is 28.3 Å². The SMILES string of the molecule is CC(C)(O)c1nc(-c2cccc(-c3ccccc3OC(F)(F)F)c2)n[nH]1. The Bertz CT molecular complexity index is 914. The third-order valence-corrected chi connectivity index (χ3v) is 3.61. The minimum absolute atomic E-state index is 0.288. The number of ether oxygens (including phenoxy) is 1. The second-order valence-corrected chi connectivity index (χ2v) is 6.19. The quantitative estimate of drug-likeness (QED) is 0.726. The summed E-state index contributed by atoms with van der Waals surface area (Å²) in [5, 5.41) is 16.7. The molecule has 8 heteroatoms. The van der Waals surface area contributed by atoms with Crippen LogP contribution in [0.5, 0.6) is 5.75 Å². The molecule has 2 N–H and O–H groups in total. The van der Waals surface area contributed by atoms with Crippen LogP contribution in [0.15, 0.2) is 48.5 Å². The first-order valence-corrected chi connectivity index (χ1v) is 7.74. The number of nitrogens with one attached hydrogen (secondary N) is 1. The lowest BCUT2D eigenvalue weighted by Crippen LogP contribution is -2.17. The van der Waals surface area contributed by atoms with Gasteiger partial charge in [0.1, 0.15) is 11.4 Å². The molecule has 3 aromatic rings. The molecule has 0 radical (unpaired) electrons. The topological polar surface area (TPSA) is 71.0 Å². The van der Waals surface area contributed by atoms with Gasteiger partial charge in [0.15, 0.2) is 11.6 Å². The number of hydrogen-bond acceptors (Lipinski definition) is 4. The molecule has 0 spiro atoms. The van der Waals surface area contributed by atoms with Crippen molar-refractivity contribution in [1.29, 1.82) is 0 Å². The molecule has 26 heavy (non-hydrogen) atoms. The van der Waals surface area contributed by atoms with Crippen LogP contribution in [-0.2, 0) is 5.60 Å². The van der Waals surface area contributed by atoms with E-state index in [0.29, 0.717) is 28.3 Å². The summed E-state index contributed by atoms with van der Waals surface area (Å²) >= 11 is 0. The molecule has 0 bridgehead atoms. The zero-order chi connectivity index (χ0) is 18.9. The molecule has 3 rings (SSSR count). The molecule has 0 fully saturated rings. The predicted octanol–water partition coefficient (Wildman–Crippen LogP) is 4.26. The highest BCUT2D eigenvalue weighted by molar-refractivity contribution is 5.74. The van der Waals surface area contributed by atoms with E-state index in [2.05, 4.69) is 19.9 Å². The number of hydrogen-bond donors (Lipinski definition) is 2. The maximum absolute atomic E-state index is 12.6. The summed E-state index contributed by atoms with van der Waals surface area (Å²) in [4.78, 5) is 4.24. The van der Waals surface area contributed by atoms with Crippen LogP contribution < -0.4 is 4.74 Å². The van der Waals surface area contributed by atoms with Gasteiger partial charge in [0.25, 0.3) is 0 Å². The second kappa shape index (κ2) is 6.45. The highest BCUT2D eigenvalue weighted by Crippen LogP contribution is 2.35. The lowest BCUT2D eigenvalue weighted by Gasteiger charge is -2.13. The van der Waals surface area contributed by atoms with Gasteiger partial charge >= 0.3 is 6.36 Å². The number of halogens is 3. The maximum atomic E-state index is 12.6. The van der Waals surface area contributed by atoms with Gasteiger partial charge in [-0.15, -0.1) is 13.2 Å². The number of benzene rings is 2. The monoisotopic (exact) mass is 363 g/mol. The normalized spacial score (nSPS) is 12.2. The summed E-state index contributed by atoms with van der Waals surface area (Å²) in [6.45, 7) is 3.14. The molecule has 136 valence electrons. The van der Waals surface area contributed by atoms with Crippen LogP contribution >= 0.6 is 0 Å². The molecular formula is C18H16F3N3O2. The fraction of sp³-hybridized carbons (Fsp3) is 0.222. The molecule has 0 atom stereocenters. The molecule has 1 aromatic heterocycles. The Hall–Kier alpha value is -2.87. The van der Waals surface area contributed by atoms with Crippen molar-refractivity contribution in [1.82, 2.24) is 15.2 Å². The number of aromatic amines is 1. The number of nitrogens with zero attached hydrogens (tertiary/aromatic N) is 2. The first-order chi connectivity index (χ1) is 12.1. The molecule has 1 heterocycles. The van der Waals surface area contributed by atoms with Crippen LogP contribution in [-0.4, -0.2) is 26.7 Å². The molecule has 0 aliphatic carbocycles. The fourth-order valence-corrected chi connectivity index (χ4v) is 2.41. The van der Waals surface area contributed by atoms with E-state index in [1.807, 2.05) is 0 Å². The minimum atomic E-state index is -4.78. The van der Waals surface area contributed by atoms with E-state index < -0.39 is 12.0 Å². The van der Waals surface area contributed by atoms with E-state index in [-0.39, 0.29) is 5.75 Å². The van der Waals surface area contributed by atoms with Gasteiger partial charge < -0.3 is 9.84 Å². The zero-order valence-electron chi connectivity index (χ0n) is 14.0. The van der Waals surface area contributed by atoms with Gasteiger partial charge in [-0.2, -0.15) is 5.10 Å². The molecule has 0 aliphatic rings. The molecule has 0 unspecified atom stereocenters. The van der Waals surface area contributed by atoms with E-state index in [9.17, 15) is 18.3 Å². The Labute approximate surface area is 147 Å². The molecule has 0 saturated heterocycles.